The molecular formula is C11H7N3O2S2. The molecule has 1 aliphatic heterocycles. The summed E-state index contributed by atoms with van der Waals surface area (Å²) in [5.41, 5.74) is 2.17. The Kier molecular flexibility index (Phi) is 2.49. The van der Waals surface area contributed by atoms with E-state index in [9.17, 15) is 4.79 Å². The molecule has 90 valence electrons. The van der Waals surface area contributed by atoms with Gasteiger partial charge in [0.15, 0.2) is 0 Å². The van der Waals surface area contributed by atoms with E-state index in [0.717, 1.165) is 22.7 Å². The molecule has 0 amide bonds. The van der Waals surface area contributed by atoms with E-state index in [0.29, 0.717) is 15.7 Å². The molecule has 3 rings (SSSR count). The van der Waals surface area contributed by atoms with Crippen molar-refractivity contribution >= 4 is 50.9 Å². The van der Waals surface area contributed by atoms with E-state index < -0.39 is 5.97 Å². The highest BCUT2D eigenvalue weighted by Gasteiger charge is 2.22. The van der Waals surface area contributed by atoms with Crippen LogP contribution in [0.2, 0.25) is 0 Å². The van der Waals surface area contributed by atoms with E-state index >= 15 is 0 Å². The molecule has 0 fully saturated rings. The van der Waals surface area contributed by atoms with Gasteiger partial charge in [-0.2, -0.15) is 0 Å². The number of carboxylic acids is 1. The first-order valence-corrected chi connectivity index (χ1v) is 6.29. The molecule has 0 atom stereocenters. The van der Waals surface area contributed by atoms with Crippen molar-refractivity contribution in [1.82, 2.24) is 4.98 Å². The number of anilines is 3. The maximum absolute atomic E-state index is 10.9. The molecule has 0 radical (unpaired) electrons. The lowest BCUT2D eigenvalue weighted by molar-refractivity contribution is 0.0696. The Morgan fingerprint density at radius 3 is 2.61 bits per heavy atom. The molecular weight excluding hydrogens is 270 g/mol. The number of hydrogen-bond donors (Lipinski definition) is 3. The Balaban J connectivity index is 2.13. The molecule has 0 unspecified atom stereocenters. The fourth-order valence-electron chi connectivity index (χ4n) is 1.66. The van der Waals surface area contributed by atoms with Gasteiger partial charge in [0.05, 0.1) is 11.4 Å². The van der Waals surface area contributed by atoms with Crippen molar-refractivity contribution in [2.24, 2.45) is 0 Å². The van der Waals surface area contributed by atoms with Gasteiger partial charge in [0.25, 0.3) is 0 Å². The first-order chi connectivity index (χ1) is 8.65. The van der Waals surface area contributed by atoms with Crippen molar-refractivity contribution in [2.45, 2.75) is 0 Å². The number of fused-ring (bicyclic) bond motifs is 2. The highest BCUT2D eigenvalue weighted by atomic mass is 32.1. The summed E-state index contributed by atoms with van der Waals surface area (Å²) >= 11 is 6.30. The number of aromatic carboxylic acids is 1. The second kappa shape index (κ2) is 4.04. The number of nitrogens with zero attached hydrogens (tertiary/aromatic N) is 1. The minimum absolute atomic E-state index is 0.0241. The summed E-state index contributed by atoms with van der Waals surface area (Å²) in [6.45, 7) is 0. The maximum Gasteiger partial charge on any atom is 0.365 e. The van der Waals surface area contributed by atoms with E-state index in [4.69, 9.17) is 17.3 Å². The zero-order valence-electron chi connectivity index (χ0n) is 8.93. The van der Waals surface area contributed by atoms with Crippen LogP contribution in [0.4, 0.5) is 16.4 Å². The molecule has 0 saturated heterocycles. The number of hydrogen-bond acceptors (Lipinski definition) is 5. The van der Waals surface area contributed by atoms with Gasteiger partial charge >= 0.3 is 5.97 Å². The number of thiocarbonyl (C=S) groups is 1. The smallest absolute Gasteiger partial charge is 0.365 e. The number of rotatable bonds is 1. The van der Waals surface area contributed by atoms with Crippen LogP contribution in [0.25, 0.3) is 0 Å². The molecule has 3 N–H and O–H groups in total. The molecule has 1 aliphatic rings. The largest absolute Gasteiger partial charge is 0.476 e. The van der Waals surface area contributed by atoms with Crippen LogP contribution in [0, 0.1) is 0 Å². The third-order valence-corrected chi connectivity index (χ3v) is 3.70. The summed E-state index contributed by atoms with van der Waals surface area (Å²) in [6, 6.07) is 7.57. The van der Waals surface area contributed by atoms with Crippen LogP contribution in [0.15, 0.2) is 24.3 Å². The predicted molar refractivity (Wildman–Crippen MR) is 74.1 cm³/mol. The Labute approximate surface area is 111 Å². The van der Waals surface area contributed by atoms with E-state index in [1.165, 1.54) is 0 Å². The van der Waals surface area contributed by atoms with E-state index in [1.54, 1.807) is 0 Å². The molecule has 0 aliphatic carbocycles. The zero-order valence-corrected chi connectivity index (χ0v) is 10.6. The Morgan fingerprint density at radius 2 is 1.94 bits per heavy atom. The third-order valence-electron chi connectivity index (χ3n) is 2.45. The van der Waals surface area contributed by atoms with Crippen molar-refractivity contribution in [3.63, 3.8) is 0 Å². The van der Waals surface area contributed by atoms with Gasteiger partial charge in [0.2, 0.25) is 5.01 Å². The summed E-state index contributed by atoms with van der Waals surface area (Å²) in [5, 5.41) is 15.8. The second-order valence-corrected chi connectivity index (χ2v) is 5.03. The van der Waals surface area contributed by atoms with Crippen molar-refractivity contribution in [1.29, 1.82) is 0 Å². The van der Waals surface area contributed by atoms with Crippen molar-refractivity contribution in [2.75, 3.05) is 10.6 Å². The van der Waals surface area contributed by atoms with E-state index in [2.05, 4.69) is 15.6 Å². The van der Waals surface area contributed by atoms with Crippen LogP contribution in [-0.4, -0.2) is 21.0 Å². The van der Waals surface area contributed by atoms with Crippen molar-refractivity contribution in [3.05, 3.63) is 35.0 Å². The summed E-state index contributed by atoms with van der Waals surface area (Å²) in [4.78, 5) is 15.4. The lowest BCUT2D eigenvalue weighted by Gasteiger charge is -2.06. The van der Waals surface area contributed by atoms with Crippen LogP contribution < -0.4 is 10.6 Å². The van der Waals surface area contributed by atoms with Gasteiger partial charge in [0.1, 0.15) is 15.7 Å². The quantitative estimate of drug-likeness (QED) is 0.696. The topological polar surface area (TPSA) is 74.2 Å². The Morgan fingerprint density at radius 1 is 1.28 bits per heavy atom. The van der Waals surface area contributed by atoms with Crippen LogP contribution in [0.1, 0.15) is 15.5 Å². The molecule has 1 aromatic carbocycles. The number of benzene rings is 1. The lowest BCUT2D eigenvalue weighted by atomic mass is 10.2. The summed E-state index contributed by atoms with van der Waals surface area (Å²) < 4.78 is 0. The highest BCUT2D eigenvalue weighted by Crippen LogP contribution is 2.35. The number of carbonyl (C=O) groups is 1. The zero-order chi connectivity index (χ0) is 12.7. The molecule has 2 heterocycles. The molecule has 7 heteroatoms. The second-order valence-electron chi connectivity index (χ2n) is 3.63. The first-order valence-electron chi connectivity index (χ1n) is 5.06. The summed E-state index contributed by atoms with van der Waals surface area (Å²) in [5.74, 6) is -1.05. The van der Waals surface area contributed by atoms with Gasteiger partial charge in [-0.25, -0.2) is 9.78 Å². The molecule has 0 spiro atoms. The fourth-order valence-corrected chi connectivity index (χ4v) is 2.80. The van der Waals surface area contributed by atoms with E-state index in [-0.39, 0.29) is 5.01 Å². The molecule has 2 aromatic rings. The van der Waals surface area contributed by atoms with E-state index in [1.807, 2.05) is 24.3 Å². The average molecular weight is 277 g/mol. The number of carboxylic acid groups (broad SMARTS) is 1. The maximum atomic E-state index is 10.9. The molecule has 0 bridgehead atoms. The monoisotopic (exact) mass is 277 g/mol. The minimum Gasteiger partial charge on any atom is -0.476 e. The summed E-state index contributed by atoms with van der Waals surface area (Å²) in [7, 11) is 0. The SMILES string of the molecule is O=C(O)c1nc2c(s1)Nc1ccccc1NC2=S. The van der Waals surface area contributed by atoms with Crippen molar-refractivity contribution in [3.8, 4) is 0 Å². The predicted octanol–water partition coefficient (Wildman–Crippen LogP) is 2.69. The lowest BCUT2D eigenvalue weighted by Crippen LogP contribution is -2.10. The number of para-hydroxylation sites is 2. The van der Waals surface area contributed by atoms with Gasteiger partial charge in [-0.15, -0.1) is 0 Å². The van der Waals surface area contributed by atoms with Gasteiger partial charge in [-0.3, -0.25) is 0 Å². The van der Waals surface area contributed by atoms with Crippen LogP contribution in [-0.2, 0) is 0 Å². The Hall–Kier alpha value is -1.99. The molecule has 5 nitrogen and oxygen atoms in total. The Bertz CT molecular complexity index is 666. The summed E-state index contributed by atoms with van der Waals surface area (Å²) in [6.07, 6.45) is 0. The molecule has 18 heavy (non-hydrogen) atoms. The van der Waals surface area contributed by atoms with Crippen molar-refractivity contribution < 1.29 is 9.90 Å². The van der Waals surface area contributed by atoms with Crippen LogP contribution in [0.5, 0.6) is 0 Å². The van der Waals surface area contributed by atoms with Crippen LogP contribution >= 0.6 is 23.6 Å². The van der Waals surface area contributed by atoms with Gasteiger partial charge in [0, 0.05) is 0 Å². The van der Waals surface area contributed by atoms with Gasteiger partial charge < -0.3 is 15.7 Å². The van der Waals surface area contributed by atoms with Gasteiger partial charge in [-0.1, -0.05) is 35.7 Å². The highest BCUT2D eigenvalue weighted by molar-refractivity contribution is 7.81. The minimum atomic E-state index is -1.05. The standard InChI is InChI=1S/C11H7N3O2S2/c15-11(16)10-14-7-8(17)12-5-3-1-2-4-6(5)13-9(7)18-10/h1-4,13H,(H,12,17)(H,15,16). The number of nitrogens with one attached hydrogen (secondary N) is 2. The molecule has 0 saturated carbocycles. The fraction of sp³-hybridized carbons (Fsp3) is 0. The van der Waals surface area contributed by atoms with Gasteiger partial charge in [-0.05, 0) is 12.1 Å². The normalized spacial score (nSPS) is 12.8. The first kappa shape index (κ1) is 11.1. The number of thiazole rings is 1. The number of aromatic nitrogens is 1. The molecule has 1 aromatic heterocycles. The average Bonchev–Trinajstić information content (AvgIpc) is 2.71. The van der Waals surface area contributed by atoms with Crippen LogP contribution in [0.3, 0.4) is 0 Å². The third kappa shape index (κ3) is 1.73.